The molecule has 0 aliphatic rings. The molecule has 0 aliphatic heterocycles. The smallest absolute Gasteiger partial charge is 0.422 e. The van der Waals surface area contributed by atoms with Crippen LogP contribution in [0.2, 0.25) is 0 Å². The van der Waals surface area contributed by atoms with Crippen LogP contribution >= 0.6 is 0 Å². The fourth-order valence-corrected chi connectivity index (χ4v) is 3.58. The second-order valence-corrected chi connectivity index (χ2v) is 9.25. The first kappa shape index (κ1) is 26.6. The van der Waals surface area contributed by atoms with Crippen LogP contribution in [0, 0.1) is 0 Å². The highest BCUT2D eigenvalue weighted by molar-refractivity contribution is 5.67. The van der Waals surface area contributed by atoms with Crippen LogP contribution in [0.3, 0.4) is 0 Å². The molecule has 0 saturated carbocycles. The molecule has 7 heteroatoms. The third-order valence-corrected chi connectivity index (χ3v) is 5.30. The molecule has 33 heavy (non-hydrogen) atoms. The number of aliphatic hydroxyl groups excluding tert-OH is 1. The monoisotopic (exact) mass is 456 g/mol. The number of hydrogen-bond donors (Lipinski definition) is 3. The lowest BCUT2D eigenvalue weighted by Gasteiger charge is -2.30. The molecule has 0 aliphatic carbocycles. The number of nitrogens with two attached hydrogens (primary N) is 1. The number of carbonyl (C=O) groups is 1. The van der Waals surface area contributed by atoms with Gasteiger partial charge in [0.15, 0.2) is 0 Å². The quantitative estimate of drug-likeness (QED) is 0.447. The maximum absolute atomic E-state index is 12.4. The van der Waals surface area contributed by atoms with E-state index in [9.17, 15) is 9.90 Å². The number of nitrogens with zero attached hydrogens (tertiary/aromatic N) is 2. The van der Waals surface area contributed by atoms with E-state index in [0.717, 1.165) is 29.9 Å². The van der Waals surface area contributed by atoms with Crippen molar-refractivity contribution in [2.75, 3.05) is 24.5 Å². The highest BCUT2D eigenvalue weighted by atomic mass is 16.6. The van der Waals surface area contributed by atoms with Crippen molar-refractivity contribution >= 4 is 11.8 Å². The number of carbonyl (C=O) groups excluding carboxylic acids is 1. The first-order chi connectivity index (χ1) is 15.6. The number of hydrogen-bond acceptors (Lipinski definition) is 6. The van der Waals surface area contributed by atoms with Crippen LogP contribution in [0.15, 0.2) is 54.6 Å². The van der Waals surface area contributed by atoms with Crippen molar-refractivity contribution in [2.24, 2.45) is 5.73 Å². The van der Waals surface area contributed by atoms with Gasteiger partial charge in [0.1, 0.15) is 5.60 Å². The standard InChI is InChI=1S/C26H40N4O3/c1-6-29(7-2)22-15-13-21(14-16-22)18-30(28-25(32)33-26(3,4)5)19-24(31)23(27)17-20-11-9-8-10-12-20/h8-16,23-24,31H,6-7,17-19,27H2,1-5H3,(H,28,32)/t23-,24-/m0/s1. The lowest BCUT2D eigenvalue weighted by Crippen LogP contribution is -2.51. The van der Waals surface area contributed by atoms with Crippen molar-refractivity contribution in [1.29, 1.82) is 0 Å². The Morgan fingerprint density at radius 2 is 1.64 bits per heavy atom. The second-order valence-electron chi connectivity index (χ2n) is 9.25. The summed E-state index contributed by atoms with van der Waals surface area (Å²) < 4.78 is 5.41. The molecule has 4 N–H and O–H groups in total. The lowest BCUT2D eigenvalue weighted by atomic mass is 10.0. The van der Waals surface area contributed by atoms with Crippen LogP contribution in [-0.2, 0) is 17.7 Å². The molecule has 0 spiro atoms. The lowest BCUT2D eigenvalue weighted by molar-refractivity contribution is 0.0171. The average Bonchev–Trinajstić information content (AvgIpc) is 2.75. The Morgan fingerprint density at radius 3 is 2.18 bits per heavy atom. The molecular formula is C26H40N4O3. The van der Waals surface area contributed by atoms with Crippen LogP contribution in [0.25, 0.3) is 0 Å². The second kappa shape index (κ2) is 12.6. The maximum atomic E-state index is 12.4. The Labute approximate surface area is 198 Å². The predicted octanol–water partition coefficient (Wildman–Crippen LogP) is 3.71. The van der Waals surface area contributed by atoms with E-state index in [4.69, 9.17) is 10.5 Å². The van der Waals surface area contributed by atoms with Gasteiger partial charge in [0.05, 0.1) is 6.10 Å². The number of amides is 1. The van der Waals surface area contributed by atoms with E-state index < -0.39 is 23.8 Å². The van der Waals surface area contributed by atoms with Gasteiger partial charge in [-0.1, -0.05) is 42.5 Å². The Bertz CT molecular complexity index is 833. The van der Waals surface area contributed by atoms with Gasteiger partial charge in [0.2, 0.25) is 0 Å². The summed E-state index contributed by atoms with van der Waals surface area (Å²) in [5.41, 5.74) is 11.7. The van der Waals surface area contributed by atoms with Gasteiger partial charge in [-0.15, -0.1) is 0 Å². The van der Waals surface area contributed by atoms with Crippen LogP contribution in [-0.4, -0.2) is 53.6 Å². The molecule has 0 saturated heterocycles. The maximum Gasteiger partial charge on any atom is 0.422 e. The number of ether oxygens (including phenoxy) is 1. The summed E-state index contributed by atoms with van der Waals surface area (Å²) in [7, 11) is 0. The van der Waals surface area contributed by atoms with Crippen molar-refractivity contribution in [1.82, 2.24) is 10.4 Å². The minimum atomic E-state index is -0.838. The number of anilines is 1. The van der Waals surface area contributed by atoms with Gasteiger partial charge in [-0.05, 0) is 64.3 Å². The molecule has 2 atom stereocenters. The van der Waals surface area contributed by atoms with Gasteiger partial charge in [-0.25, -0.2) is 9.80 Å². The topological polar surface area (TPSA) is 91.1 Å². The Hall–Kier alpha value is -2.61. The van der Waals surface area contributed by atoms with Crippen LogP contribution in [0.5, 0.6) is 0 Å². The third kappa shape index (κ3) is 9.42. The van der Waals surface area contributed by atoms with Crippen molar-refractivity contribution in [3.63, 3.8) is 0 Å². The van der Waals surface area contributed by atoms with Crippen LogP contribution < -0.4 is 16.1 Å². The van der Waals surface area contributed by atoms with Gasteiger partial charge in [-0.2, -0.15) is 0 Å². The predicted molar refractivity (Wildman–Crippen MR) is 134 cm³/mol. The molecule has 182 valence electrons. The van der Waals surface area contributed by atoms with Gasteiger partial charge in [0.25, 0.3) is 0 Å². The van der Waals surface area contributed by atoms with Crippen molar-refractivity contribution in [3.8, 4) is 0 Å². The van der Waals surface area contributed by atoms with Gasteiger partial charge < -0.3 is 20.5 Å². The molecule has 2 aromatic carbocycles. The highest BCUT2D eigenvalue weighted by Gasteiger charge is 2.23. The van der Waals surface area contributed by atoms with Crippen LogP contribution in [0.4, 0.5) is 10.5 Å². The molecule has 0 radical (unpaired) electrons. The summed E-state index contributed by atoms with van der Waals surface area (Å²) >= 11 is 0. The summed E-state index contributed by atoms with van der Waals surface area (Å²) in [6.45, 7) is 12.2. The minimum Gasteiger partial charge on any atom is -0.443 e. The summed E-state index contributed by atoms with van der Waals surface area (Å²) in [5.74, 6) is 0. The number of aliphatic hydroxyl groups is 1. The summed E-state index contributed by atoms with van der Waals surface area (Å²) in [4.78, 5) is 14.7. The fourth-order valence-electron chi connectivity index (χ4n) is 3.58. The number of rotatable bonds is 11. The Balaban J connectivity index is 2.09. The van der Waals surface area contributed by atoms with E-state index in [1.807, 2.05) is 63.2 Å². The third-order valence-electron chi connectivity index (χ3n) is 5.30. The summed E-state index contributed by atoms with van der Waals surface area (Å²) in [5, 5.41) is 12.5. The molecule has 0 aromatic heterocycles. The summed E-state index contributed by atoms with van der Waals surface area (Å²) in [6, 6.07) is 17.6. The molecule has 0 bridgehead atoms. The first-order valence-corrected chi connectivity index (χ1v) is 11.7. The normalized spacial score (nSPS) is 13.5. The van der Waals surface area contributed by atoms with Gasteiger partial charge in [0, 0.05) is 37.9 Å². The van der Waals surface area contributed by atoms with E-state index in [1.165, 1.54) is 0 Å². The number of benzene rings is 2. The molecule has 0 heterocycles. The van der Waals surface area contributed by atoms with Crippen molar-refractivity contribution in [3.05, 3.63) is 65.7 Å². The van der Waals surface area contributed by atoms with E-state index in [2.05, 4.69) is 36.3 Å². The van der Waals surface area contributed by atoms with E-state index in [-0.39, 0.29) is 6.54 Å². The fraction of sp³-hybridized carbons (Fsp3) is 0.500. The average molecular weight is 457 g/mol. The van der Waals surface area contributed by atoms with Crippen molar-refractivity contribution in [2.45, 2.75) is 65.3 Å². The van der Waals surface area contributed by atoms with Crippen molar-refractivity contribution < 1.29 is 14.6 Å². The molecule has 0 fully saturated rings. The molecular weight excluding hydrogens is 416 g/mol. The molecule has 2 aromatic rings. The summed E-state index contributed by atoms with van der Waals surface area (Å²) in [6.07, 6.45) is -0.859. The first-order valence-electron chi connectivity index (χ1n) is 11.7. The SMILES string of the molecule is CCN(CC)c1ccc(CN(C[C@H](O)[C@@H](N)Cc2ccccc2)NC(=O)OC(C)(C)C)cc1. The zero-order valence-electron chi connectivity index (χ0n) is 20.6. The molecule has 7 nitrogen and oxygen atoms in total. The van der Waals surface area contributed by atoms with Crippen LogP contribution in [0.1, 0.15) is 45.7 Å². The zero-order valence-corrected chi connectivity index (χ0v) is 20.6. The Kier molecular flexibility index (Phi) is 10.2. The molecule has 2 rings (SSSR count). The van der Waals surface area contributed by atoms with E-state index in [0.29, 0.717) is 13.0 Å². The largest absolute Gasteiger partial charge is 0.443 e. The highest BCUT2D eigenvalue weighted by Crippen LogP contribution is 2.16. The molecule has 1 amide bonds. The molecule has 0 unspecified atom stereocenters. The van der Waals surface area contributed by atoms with E-state index in [1.54, 1.807) is 5.01 Å². The zero-order chi connectivity index (χ0) is 24.4. The Morgan fingerprint density at radius 1 is 1.03 bits per heavy atom. The van der Waals surface area contributed by atoms with Gasteiger partial charge in [-0.3, -0.25) is 5.43 Å². The van der Waals surface area contributed by atoms with Gasteiger partial charge >= 0.3 is 6.09 Å². The minimum absolute atomic E-state index is 0.172. The number of nitrogens with one attached hydrogen (secondary N) is 1. The number of hydrazine groups is 1. The van der Waals surface area contributed by atoms with E-state index >= 15 is 0 Å².